The molecule has 0 aliphatic heterocycles. The summed E-state index contributed by atoms with van der Waals surface area (Å²) in [6.07, 6.45) is 6.51. The molecule has 0 unspecified atom stereocenters. The smallest absolute Gasteiger partial charge is 0.248 e. The van der Waals surface area contributed by atoms with Crippen LogP contribution in [-0.4, -0.2) is 21.8 Å². The summed E-state index contributed by atoms with van der Waals surface area (Å²) in [6, 6.07) is 18.1. The molecule has 222 valence electrons. The van der Waals surface area contributed by atoms with Crippen LogP contribution in [0.1, 0.15) is 34.6 Å². The number of fused-ring (bicyclic) bond motifs is 2. The van der Waals surface area contributed by atoms with Gasteiger partial charge in [0.1, 0.15) is 5.82 Å². The van der Waals surface area contributed by atoms with Crippen LogP contribution in [0.2, 0.25) is 5.02 Å². The molecule has 0 aliphatic carbocycles. The van der Waals surface area contributed by atoms with Crippen LogP contribution >= 0.6 is 11.6 Å². The number of hydrogen-bond acceptors (Lipinski definition) is 4. The van der Waals surface area contributed by atoms with Gasteiger partial charge in [-0.15, -0.1) is 0 Å². The average molecular weight is 615 g/mol. The first-order valence-electron chi connectivity index (χ1n) is 13.4. The number of nitrogens with two attached hydrogens (primary N) is 2. The fourth-order valence-corrected chi connectivity index (χ4v) is 4.60. The molecule has 0 saturated heterocycles. The molecule has 4 N–H and O–H groups in total. The summed E-state index contributed by atoms with van der Waals surface area (Å²) in [7, 11) is 0. The van der Waals surface area contributed by atoms with Crippen molar-refractivity contribution in [1.82, 2.24) is 9.97 Å². The van der Waals surface area contributed by atoms with Crippen LogP contribution in [0.5, 0.6) is 0 Å². The highest BCUT2D eigenvalue weighted by molar-refractivity contribution is 6.31. The van der Waals surface area contributed by atoms with E-state index in [2.05, 4.69) is 9.97 Å². The molecule has 0 aliphatic rings. The van der Waals surface area contributed by atoms with E-state index in [-0.39, 0.29) is 5.02 Å². The maximum Gasteiger partial charge on any atom is 0.248 e. The summed E-state index contributed by atoms with van der Waals surface area (Å²) >= 11 is 5.83. The highest BCUT2D eigenvalue weighted by Gasteiger charge is 2.11. The van der Waals surface area contributed by atoms with Crippen LogP contribution in [-0.2, 0) is 0 Å². The van der Waals surface area contributed by atoms with Crippen molar-refractivity contribution in [2.45, 2.75) is 13.8 Å². The number of hydrogen-bond donors (Lipinski definition) is 2. The average Bonchev–Trinajstić information content (AvgIpc) is 3.04. The molecule has 0 atom stereocenters. The van der Waals surface area contributed by atoms with Gasteiger partial charge in [-0.25, -0.2) is 13.2 Å². The molecule has 0 radical (unpaired) electrons. The summed E-state index contributed by atoms with van der Waals surface area (Å²) < 4.78 is 39.7. The normalized spacial score (nSPS) is 10.4. The van der Waals surface area contributed by atoms with Gasteiger partial charge in [0.05, 0.1) is 5.02 Å². The number of nitrogens with zero attached hydrogens (tertiary/aromatic N) is 2. The van der Waals surface area contributed by atoms with E-state index in [4.69, 9.17) is 23.1 Å². The summed E-state index contributed by atoms with van der Waals surface area (Å²) in [5, 5.41) is 3.19. The third-order valence-corrected chi connectivity index (χ3v) is 6.84. The van der Waals surface area contributed by atoms with Gasteiger partial charge < -0.3 is 11.5 Å². The lowest BCUT2D eigenvalue weighted by atomic mass is 9.99. The Morgan fingerprint density at radius 3 is 1.48 bits per heavy atom. The van der Waals surface area contributed by atoms with Gasteiger partial charge in [-0.3, -0.25) is 19.6 Å². The van der Waals surface area contributed by atoms with Gasteiger partial charge in [0, 0.05) is 57.8 Å². The van der Waals surface area contributed by atoms with E-state index in [1.165, 1.54) is 18.2 Å². The summed E-state index contributed by atoms with van der Waals surface area (Å²) in [4.78, 5) is 30.9. The number of amides is 2. The van der Waals surface area contributed by atoms with Crippen LogP contribution in [0.3, 0.4) is 0 Å². The van der Waals surface area contributed by atoms with Crippen molar-refractivity contribution in [3.63, 3.8) is 0 Å². The quantitative estimate of drug-likeness (QED) is 0.209. The minimum atomic E-state index is -0.935. The Bertz CT molecular complexity index is 1870. The second-order valence-corrected chi connectivity index (χ2v) is 9.64. The van der Waals surface area contributed by atoms with Crippen LogP contribution in [0.25, 0.3) is 43.8 Å². The molecule has 0 saturated carbocycles. The zero-order valence-corrected chi connectivity index (χ0v) is 24.4. The molecular formula is C34H26ClF3N4O2. The van der Waals surface area contributed by atoms with Crippen LogP contribution in [0.4, 0.5) is 13.2 Å². The molecule has 4 aromatic carbocycles. The SMILES string of the molecule is CC.NC(=O)c1ccc2cncc(-c3ccc(F)c(Cl)c3)c2c1.NC(=O)c1ccc2cncc(-c3ccc(F)c(F)c3)c2c1. The Balaban J connectivity index is 0.000000190. The zero-order chi connectivity index (χ0) is 32.0. The number of pyridine rings is 2. The first-order valence-corrected chi connectivity index (χ1v) is 13.8. The van der Waals surface area contributed by atoms with Crippen molar-refractivity contribution in [1.29, 1.82) is 0 Å². The van der Waals surface area contributed by atoms with E-state index in [0.29, 0.717) is 27.6 Å². The van der Waals surface area contributed by atoms with Gasteiger partial charge >= 0.3 is 0 Å². The molecule has 10 heteroatoms. The minimum Gasteiger partial charge on any atom is -0.366 e. The molecular weight excluding hydrogens is 589 g/mol. The molecule has 0 spiro atoms. The Morgan fingerprint density at radius 1 is 0.591 bits per heavy atom. The van der Waals surface area contributed by atoms with E-state index >= 15 is 0 Å². The van der Waals surface area contributed by atoms with Crippen molar-refractivity contribution in [2.75, 3.05) is 0 Å². The topological polar surface area (TPSA) is 112 Å². The molecule has 44 heavy (non-hydrogen) atoms. The first-order chi connectivity index (χ1) is 21.1. The molecule has 0 fully saturated rings. The number of halogens is 4. The second-order valence-electron chi connectivity index (χ2n) is 9.23. The van der Waals surface area contributed by atoms with Gasteiger partial charge in [0.25, 0.3) is 0 Å². The van der Waals surface area contributed by atoms with Gasteiger partial charge in [-0.05, 0) is 70.4 Å². The van der Waals surface area contributed by atoms with E-state index < -0.39 is 29.3 Å². The van der Waals surface area contributed by atoms with Crippen molar-refractivity contribution in [3.8, 4) is 22.3 Å². The number of aromatic nitrogens is 2. The van der Waals surface area contributed by atoms with E-state index in [9.17, 15) is 22.8 Å². The van der Waals surface area contributed by atoms with Crippen LogP contribution < -0.4 is 11.5 Å². The van der Waals surface area contributed by atoms with Gasteiger partial charge in [-0.2, -0.15) is 0 Å². The third kappa shape index (κ3) is 6.85. The fraction of sp³-hybridized carbons (Fsp3) is 0.0588. The molecule has 2 heterocycles. The third-order valence-electron chi connectivity index (χ3n) is 6.55. The number of benzene rings is 4. The largest absolute Gasteiger partial charge is 0.366 e. The van der Waals surface area contributed by atoms with Crippen molar-refractivity contribution >= 4 is 45.0 Å². The lowest BCUT2D eigenvalue weighted by molar-refractivity contribution is 0.0992. The number of rotatable bonds is 4. The lowest BCUT2D eigenvalue weighted by Gasteiger charge is -2.08. The zero-order valence-electron chi connectivity index (χ0n) is 23.6. The lowest BCUT2D eigenvalue weighted by Crippen LogP contribution is -2.10. The Morgan fingerprint density at radius 2 is 1.05 bits per heavy atom. The standard InChI is InChI=1S/C16H10ClFN2O.C16H10F2N2O.C2H6/c17-14-6-9(3-4-15(14)18)13-8-20-7-11-2-1-10(16(19)21)5-12(11)13;17-14-4-3-9(6-15(14)18)13-8-20-7-11-2-1-10(16(19)21)5-12(11)13;1-2/h2*1-8H,(H2,19,21);1-2H3. The molecule has 0 bridgehead atoms. The predicted molar refractivity (Wildman–Crippen MR) is 168 cm³/mol. The van der Waals surface area contributed by atoms with Gasteiger partial charge in [0.15, 0.2) is 11.6 Å². The molecule has 2 aromatic heterocycles. The minimum absolute atomic E-state index is 0.0376. The summed E-state index contributed by atoms with van der Waals surface area (Å²) in [6.45, 7) is 4.00. The number of primary amides is 2. The molecule has 6 rings (SSSR count). The highest BCUT2D eigenvalue weighted by atomic mass is 35.5. The van der Waals surface area contributed by atoms with Crippen LogP contribution in [0.15, 0.2) is 97.6 Å². The van der Waals surface area contributed by atoms with E-state index in [1.807, 2.05) is 13.8 Å². The highest BCUT2D eigenvalue weighted by Crippen LogP contribution is 2.31. The van der Waals surface area contributed by atoms with Gasteiger partial charge in [0.2, 0.25) is 11.8 Å². The van der Waals surface area contributed by atoms with Crippen molar-refractivity contribution in [3.05, 3.63) is 131 Å². The second kappa shape index (κ2) is 13.8. The van der Waals surface area contributed by atoms with E-state index in [1.54, 1.807) is 67.3 Å². The summed E-state index contributed by atoms with van der Waals surface area (Å²) in [5.74, 6) is -3.38. The maximum atomic E-state index is 13.4. The van der Waals surface area contributed by atoms with Gasteiger partial charge in [-0.1, -0.05) is 49.7 Å². The summed E-state index contributed by atoms with van der Waals surface area (Å²) in [5.41, 5.74) is 13.9. The van der Waals surface area contributed by atoms with E-state index in [0.717, 1.165) is 39.4 Å². The Kier molecular flexibility index (Phi) is 9.92. The number of carbonyl (C=O) groups is 2. The van der Waals surface area contributed by atoms with Crippen molar-refractivity contribution < 1.29 is 22.8 Å². The first kappa shape index (κ1) is 31.7. The number of carbonyl (C=O) groups excluding carboxylic acids is 2. The monoisotopic (exact) mass is 614 g/mol. The maximum absolute atomic E-state index is 13.4. The molecule has 6 nitrogen and oxygen atoms in total. The van der Waals surface area contributed by atoms with Crippen molar-refractivity contribution in [2.24, 2.45) is 11.5 Å². The molecule has 6 aromatic rings. The predicted octanol–water partition coefficient (Wildman–Crippen LogP) is 8.10. The molecule has 2 amide bonds. The fourth-order valence-electron chi connectivity index (χ4n) is 4.42. The van der Waals surface area contributed by atoms with Crippen LogP contribution in [0, 0.1) is 17.5 Å². The Hall–Kier alpha value is -5.28. The Labute approximate surface area is 256 Å².